The molecule has 10 nitrogen and oxygen atoms in total. The second-order valence-corrected chi connectivity index (χ2v) is 10.5. The summed E-state index contributed by atoms with van der Waals surface area (Å²) in [6.45, 7) is 7.08. The number of hydrogen-bond acceptors (Lipinski definition) is 7. The van der Waals surface area contributed by atoms with E-state index in [1.807, 2.05) is 41.7 Å². The van der Waals surface area contributed by atoms with Crippen LogP contribution in [0.5, 0.6) is 0 Å². The van der Waals surface area contributed by atoms with Crippen LogP contribution in [0.3, 0.4) is 0 Å². The summed E-state index contributed by atoms with van der Waals surface area (Å²) in [7, 11) is 0. The zero-order valence-electron chi connectivity index (χ0n) is 22.8. The molecule has 40 heavy (non-hydrogen) atoms. The second kappa shape index (κ2) is 11.1. The summed E-state index contributed by atoms with van der Waals surface area (Å²) in [6.07, 6.45) is 12.0. The third-order valence-electron chi connectivity index (χ3n) is 7.67. The number of fused-ring (bicyclic) bond motifs is 1. The van der Waals surface area contributed by atoms with Crippen molar-refractivity contribution in [3.63, 3.8) is 0 Å². The largest absolute Gasteiger partial charge is 0.378 e. The van der Waals surface area contributed by atoms with Crippen molar-refractivity contribution >= 4 is 29.2 Å². The minimum atomic E-state index is -0.0336. The van der Waals surface area contributed by atoms with E-state index in [1.54, 1.807) is 17.2 Å². The lowest BCUT2D eigenvalue weighted by molar-refractivity contribution is -0.743. The Morgan fingerprint density at radius 2 is 1.90 bits per heavy atom. The summed E-state index contributed by atoms with van der Waals surface area (Å²) in [5.41, 5.74) is 3.35. The van der Waals surface area contributed by atoms with E-state index in [-0.39, 0.29) is 23.9 Å². The smallest absolute Gasteiger partial charge is 0.257 e. The Morgan fingerprint density at radius 3 is 2.65 bits per heavy atom. The number of amidine groups is 1. The summed E-state index contributed by atoms with van der Waals surface area (Å²) in [6, 6.07) is 12.0. The number of rotatable bonds is 6. The average molecular weight is 541 g/mol. The standard InChI is InChI=1S/C30H33N7O3/c1-21-6-7-22(2)37(21)28(38)17-23-4-3-5-25(16-23)36-19-26(29-31-10-11-35(29)20-36)33-27-9-8-24(18-32-27)30(39)34-12-14-40-15-13-34/h3-11,16,18-19,21-22H,12-15,17,20H2,1-2H3,(H,32,33)/p+1. The van der Waals surface area contributed by atoms with Crippen molar-refractivity contribution in [1.29, 1.82) is 0 Å². The monoisotopic (exact) mass is 540 g/mol. The molecule has 0 radical (unpaired) electrons. The molecular weight excluding hydrogens is 506 g/mol. The minimum Gasteiger partial charge on any atom is -0.378 e. The number of aliphatic imine (C=N–C) groups is 1. The number of pyridine rings is 1. The Balaban J connectivity index is 1.18. The van der Waals surface area contributed by atoms with Crippen LogP contribution in [0.2, 0.25) is 0 Å². The van der Waals surface area contributed by atoms with Crippen LogP contribution >= 0.6 is 0 Å². The van der Waals surface area contributed by atoms with Crippen LogP contribution in [0.25, 0.3) is 0 Å². The number of benzene rings is 1. The maximum absolute atomic E-state index is 13.1. The van der Waals surface area contributed by atoms with Crippen LogP contribution in [-0.2, 0) is 16.0 Å². The van der Waals surface area contributed by atoms with Gasteiger partial charge in [-0.2, -0.15) is 4.99 Å². The van der Waals surface area contributed by atoms with Gasteiger partial charge < -0.3 is 19.9 Å². The Hall–Kier alpha value is -4.28. The van der Waals surface area contributed by atoms with Gasteiger partial charge in [0.2, 0.25) is 5.91 Å². The summed E-state index contributed by atoms with van der Waals surface area (Å²) in [5, 5.41) is 3.40. The number of quaternary nitrogens is 1. The fraction of sp³-hybridized carbons (Fsp3) is 0.333. The number of aromatic nitrogens is 1. The SMILES string of the molecule is CC1C=CC(C)N1C(=O)Cc1cccc(N2C=C(Nc3ccc(C(=O)N4CCOCC4)cn3)C3=NC=C[NH+]3C2)c1. The molecule has 0 aliphatic carbocycles. The summed E-state index contributed by atoms with van der Waals surface area (Å²) < 4.78 is 5.35. The van der Waals surface area contributed by atoms with Gasteiger partial charge in [-0.05, 0) is 43.7 Å². The molecule has 6 rings (SSSR count). The molecule has 0 bridgehead atoms. The molecule has 1 aromatic heterocycles. The molecule has 1 saturated heterocycles. The molecule has 4 aliphatic rings. The Bertz CT molecular complexity index is 1400. The fourth-order valence-corrected chi connectivity index (χ4v) is 5.56. The van der Waals surface area contributed by atoms with E-state index in [1.165, 1.54) is 0 Å². The van der Waals surface area contributed by atoms with E-state index in [2.05, 4.69) is 58.3 Å². The van der Waals surface area contributed by atoms with Gasteiger partial charge >= 0.3 is 0 Å². The third kappa shape index (κ3) is 5.28. The topological polar surface area (TPSA) is 94.8 Å². The zero-order chi connectivity index (χ0) is 27.6. The lowest BCUT2D eigenvalue weighted by Gasteiger charge is -2.30. The maximum atomic E-state index is 13.1. The molecule has 206 valence electrons. The highest BCUT2D eigenvalue weighted by Crippen LogP contribution is 2.23. The minimum absolute atomic E-state index is 0.0336. The van der Waals surface area contributed by atoms with Crippen molar-refractivity contribution in [1.82, 2.24) is 14.8 Å². The molecule has 2 aromatic rings. The van der Waals surface area contributed by atoms with Crippen molar-refractivity contribution in [3.05, 3.63) is 90.2 Å². The van der Waals surface area contributed by atoms with Crippen LogP contribution in [0, 0.1) is 0 Å². The fourth-order valence-electron chi connectivity index (χ4n) is 5.56. The zero-order valence-corrected chi connectivity index (χ0v) is 22.8. The molecule has 2 N–H and O–H groups in total. The Labute approximate surface area is 233 Å². The van der Waals surface area contributed by atoms with E-state index in [4.69, 9.17) is 4.74 Å². The van der Waals surface area contributed by atoms with Crippen LogP contribution in [0.1, 0.15) is 29.8 Å². The first-order valence-corrected chi connectivity index (χ1v) is 13.7. The first-order chi connectivity index (χ1) is 19.5. The number of anilines is 2. The van der Waals surface area contributed by atoms with Crippen molar-refractivity contribution < 1.29 is 19.2 Å². The molecule has 4 aliphatic heterocycles. The van der Waals surface area contributed by atoms with Gasteiger partial charge in [-0.15, -0.1) is 0 Å². The van der Waals surface area contributed by atoms with Gasteiger partial charge in [0.25, 0.3) is 11.7 Å². The van der Waals surface area contributed by atoms with Gasteiger partial charge in [-0.1, -0.05) is 24.3 Å². The molecule has 2 amide bonds. The van der Waals surface area contributed by atoms with Gasteiger partial charge in [-0.25, -0.2) is 9.88 Å². The maximum Gasteiger partial charge on any atom is 0.257 e. The molecule has 10 heteroatoms. The Morgan fingerprint density at radius 1 is 1.10 bits per heavy atom. The van der Waals surface area contributed by atoms with Crippen LogP contribution in [0.4, 0.5) is 11.5 Å². The number of morpholine rings is 1. The van der Waals surface area contributed by atoms with Crippen molar-refractivity contribution in [2.24, 2.45) is 4.99 Å². The number of carbonyl (C=O) groups is 2. The predicted molar refractivity (Wildman–Crippen MR) is 153 cm³/mol. The summed E-state index contributed by atoms with van der Waals surface area (Å²) >= 11 is 0. The van der Waals surface area contributed by atoms with E-state index < -0.39 is 0 Å². The van der Waals surface area contributed by atoms with Gasteiger partial charge in [0, 0.05) is 43.3 Å². The highest BCUT2D eigenvalue weighted by Gasteiger charge is 2.32. The quantitative estimate of drug-likeness (QED) is 0.543. The molecule has 0 spiro atoms. The van der Waals surface area contributed by atoms with Crippen LogP contribution < -0.4 is 15.1 Å². The van der Waals surface area contributed by atoms with Crippen LogP contribution in [-0.4, -0.2) is 77.5 Å². The van der Waals surface area contributed by atoms with E-state index in [9.17, 15) is 9.59 Å². The van der Waals surface area contributed by atoms with Crippen molar-refractivity contribution in [3.8, 4) is 0 Å². The number of amides is 2. The highest BCUT2D eigenvalue weighted by atomic mass is 16.5. The summed E-state index contributed by atoms with van der Waals surface area (Å²) in [5.74, 6) is 1.60. The highest BCUT2D eigenvalue weighted by molar-refractivity contribution is 5.97. The number of carbonyl (C=O) groups excluding carboxylic acids is 2. The molecule has 3 atom stereocenters. The van der Waals surface area contributed by atoms with Gasteiger partial charge in [0.15, 0.2) is 6.67 Å². The van der Waals surface area contributed by atoms with E-state index in [0.717, 1.165) is 27.7 Å². The first kappa shape index (κ1) is 26.0. The normalized spacial score (nSPS) is 23.6. The van der Waals surface area contributed by atoms with E-state index >= 15 is 0 Å². The predicted octanol–water partition coefficient (Wildman–Crippen LogP) is 1.77. The second-order valence-electron chi connectivity index (χ2n) is 10.5. The van der Waals surface area contributed by atoms with Gasteiger partial charge in [0.05, 0.1) is 31.4 Å². The van der Waals surface area contributed by atoms with Gasteiger partial charge in [-0.3, -0.25) is 14.5 Å². The summed E-state index contributed by atoms with van der Waals surface area (Å²) in [4.78, 5) is 41.9. The van der Waals surface area contributed by atoms with Crippen LogP contribution in [0.15, 0.2) is 84.0 Å². The first-order valence-electron chi connectivity index (χ1n) is 13.7. The van der Waals surface area contributed by atoms with E-state index in [0.29, 0.717) is 50.8 Å². The number of nitrogens with one attached hydrogen (secondary N) is 2. The number of ether oxygens (including phenoxy) is 1. The average Bonchev–Trinajstić information content (AvgIpc) is 3.59. The van der Waals surface area contributed by atoms with Crippen molar-refractivity contribution in [2.45, 2.75) is 32.4 Å². The lowest BCUT2D eigenvalue weighted by atomic mass is 10.1. The molecular formula is C30H34N7O3+. The Kier molecular flexibility index (Phi) is 7.19. The molecule has 5 heterocycles. The third-order valence-corrected chi connectivity index (χ3v) is 7.67. The molecule has 1 aromatic carbocycles. The number of hydrogen-bond donors (Lipinski definition) is 2. The van der Waals surface area contributed by atoms with Gasteiger partial charge in [0.1, 0.15) is 17.7 Å². The molecule has 1 fully saturated rings. The lowest BCUT2D eigenvalue weighted by Crippen LogP contribution is -3.12. The molecule has 3 unspecified atom stereocenters. The van der Waals surface area contributed by atoms with Crippen molar-refractivity contribution in [2.75, 3.05) is 43.2 Å². The number of nitrogens with zero attached hydrogens (tertiary/aromatic N) is 5. The molecule has 0 saturated carbocycles.